The Labute approximate surface area is 154 Å². The molecule has 0 aliphatic carbocycles. The minimum Gasteiger partial charge on any atom is -0.491 e. The van der Waals surface area contributed by atoms with Crippen LogP contribution in [0.25, 0.3) is 11.1 Å². The number of nitrogens with one attached hydrogen (secondary N) is 1. The molecule has 0 aromatic heterocycles. The molecule has 1 N–H and O–H groups in total. The highest BCUT2D eigenvalue weighted by atomic mass is 16.5. The molecule has 26 heavy (non-hydrogen) atoms. The summed E-state index contributed by atoms with van der Waals surface area (Å²) in [6.07, 6.45) is 0. The molecule has 0 saturated heterocycles. The van der Waals surface area contributed by atoms with E-state index < -0.39 is 0 Å². The van der Waals surface area contributed by atoms with Crippen LogP contribution in [-0.2, 0) is 0 Å². The molecule has 3 nitrogen and oxygen atoms in total. The average Bonchev–Trinajstić information content (AvgIpc) is 2.68. The minimum atomic E-state index is -0.0929. The summed E-state index contributed by atoms with van der Waals surface area (Å²) in [6.45, 7) is 4.40. The fourth-order valence-corrected chi connectivity index (χ4v) is 2.65. The van der Waals surface area contributed by atoms with Gasteiger partial charge >= 0.3 is 0 Å². The molecule has 1 atom stereocenters. The lowest BCUT2D eigenvalue weighted by Crippen LogP contribution is -2.36. The van der Waals surface area contributed by atoms with E-state index in [4.69, 9.17) is 4.74 Å². The molecular formula is C23H23NO2. The van der Waals surface area contributed by atoms with Crippen LogP contribution < -0.4 is 10.1 Å². The first kappa shape index (κ1) is 17.7. The van der Waals surface area contributed by atoms with Gasteiger partial charge in [0.15, 0.2) is 0 Å². The van der Waals surface area contributed by atoms with Gasteiger partial charge in [-0.1, -0.05) is 60.2 Å². The third-order valence-corrected chi connectivity index (χ3v) is 4.15. The molecule has 0 radical (unpaired) electrons. The fraction of sp³-hybridized carbons (Fsp3) is 0.174. The number of hydrogen-bond acceptors (Lipinski definition) is 2. The standard InChI is InChI=1S/C23H23NO2/c1-17-8-14-22(15-9-17)26-16-18(2)24-23(25)21-12-10-20(11-13-21)19-6-4-3-5-7-19/h3-15,18H,16H2,1-2H3,(H,24,25)/t18-/m1/s1. The molecule has 0 bridgehead atoms. The van der Waals surface area contributed by atoms with Crippen molar-refractivity contribution in [2.75, 3.05) is 6.61 Å². The van der Waals surface area contributed by atoms with Crippen molar-refractivity contribution in [3.63, 3.8) is 0 Å². The van der Waals surface area contributed by atoms with Gasteiger partial charge in [0, 0.05) is 5.56 Å². The van der Waals surface area contributed by atoms with Gasteiger partial charge in [-0.15, -0.1) is 0 Å². The van der Waals surface area contributed by atoms with E-state index in [0.29, 0.717) is 12.2 Å². The molecule has 132 valence electrons. The Hall–Kier alpha value is -3.07. The van der Waals surface area contributed by atoms with Gasteiger partial charge in [-0.2, -0.15) is 0 Å². The number of aryl methyl sites for hydroxylation is 1. The van der Waals surface area contributed by atoms with E-state index in [0.717, 1.165) is 16.9 Å². The number of amides is 1. The normalized spacial score (nSPS) is 11.6. The van der Waals surface area contributed by atoms with Gasteiger partial charge < -0.3 is 10.1 Å². The van der Waals surface area contributed by atoms with E-state index in [2.05, 4.69) is 17.4 Å². The Balaban J connectivity index is 1.54. The zero-order valence-electron chi connectivity index (χ0n) is 15.1. The number of rotatable bonds is 6. The highest BCUT2D eigenvalue weighted by Gasteiger charge is 2.10. The maximum Gasteiger partial charge on any atom is 0.251 e. The van der Waals surface area contributed by atoms with Gasteiger partial charge in [0.1, 0.15) is 12.4 Å². The quantitative estimate of drug-likeness (QED) is 0.693. The van der Waals surface area contributed by atoms with Gasteiger partial charge in [0.25, 0.3) is 5.91 Å². The first-order valence-electron chi connectivity index (χ1n) is 8.77. The summed E-state index contributed by atoms with van der Waals surface area (Å²) < 4.78 is 5.72. The van der Waals surface area contributed by atoms with Crippen LogP contribution in [0.2, 0.25) is 0 Å². The van der Waals surface area contributed by atoms with Crippen LogP contribution in [0.4, 0.5) is 0 Å². The Bertz CT molecular complexity index is 840. The summed E-state index contributed by atoms with van der Waals surface area (Å²) in [5.41, 5.74) is 4.07. The van der Waals surface area contributed by atoms with E-state index in [9.17, 15) is 4.79 Å². The van der Waals surface area contributed by atoms with E-state index in [1.165, 1.54) is 5.56 Å². The Morgan fingerprint density at radius 3 is 2.15 bits per heavy atom. The van der Waals surface area contributed by atoms with Crippen LogP contribution in [0.5, 0.6) is 5.75 Å². The molecule has 0 aliphatic heterocycles. The second-order valence-electron chi connectivity index (χ2n) is 6.44. The zero-order valence-corrected chi connectivity index (χ0v) is 15.1. The smallest absolute Gasteiger partial charge is 0.251 e. The summed E-state index contributed by atoms with van der Waals surface area (Å²) in [6, 6.07) is 25.6. The predicted octanol–water partition coefficient (Wildman–Crippen LogP) is 4.86. The number of carbonyl (C=O) groups excluding carboxylic acids is 1. The third kappa shape index (κ3) is 4.73. The number of hydrogen-bond donors (Lipinski definition) is 1. The Morgan fingerprint density at radius 1 is 0.885 bits per heavy atom. The molecule has 0 saturated carbocycles. The van der Waals surface area contributed by atoms with E-state index in [-0.39, 0.29) is 11.9 Å². The number of carbonyl (C=O) groups is 1. The van der Waals surface area contributed by atoms with Gasteiger partial charge in [-0.05, 0) is 49.2 Å². The van der Waals surface area contributed by atoms with Gasteiger partial charge in [0.05, 0.1) is 6.04 Å². The van der Waals surface area contributed by atoms with Gasteiger partial charge in [-0.3, -0.25) is 4.79 Å². The molecule has 0 heterocycles. The molecule has 3 heteroatoms. The summed E-state index contributed by atoms with van der Waals surface area (Å²) >= 11 is 0. The van der Waals surface area contributed by atoms with Gasteiger partial charge in [0.2, 0.25) is 0 Å². The topological polar surface area (TPSA) is 38.3 Å². The molecule has 0 fully saturated rings. The van der Waals surface area contributed by atoms with Crippen molar-refractivity contribution in [3.05, 3.63) is 90.0 Å². The highest BCUT2D eigenvalue weighted by molar-refractivity contribution is 5.94. The maximum absolute atomic E-state index is 12.4. The van der Waals surface area contributed by atoms with Crippen LogP contribution in [-0.4, -0.2) is 18.6 Å². The molecular weight excluding hydrogens is 322 g/mol. The first-order chi connectivity index (χ1) is 12.6. The second kappa shape index (κ2) is 8.34. The molecule has 0 aliphatic rings. The maximum atomic E-state index is 12.4. The molecule has 3 rings (SSSR count). The van der Waals surface area contributed by atoms with E-state index >= 15 is 0 Å². The average molecular weight is 345 g/mol. The van der Waals surface area contributed by atoms with Crippen LogP contribution in [0.3, 0.4) is 0 Å². The molecule has 0 spiro atoms. The largest absolute Gasteiger partial charge is 0.491 e. The number of benzene rings is 3. The highest BCUT2D eigenvalue weighted by Crippen LogP contribution is 2.19. The summed E-state index contributed by atoms with van der Waals surface area (Å²) in [4.78, 5) is 12.4. The van der Waals surface area contributed by atoms with Crippen LogP contribution in [0, 0.1) is 6.92 Å². The molecule has 0 unspecified atom stereocenters. The molecule has 3 aromatic rings. The molecule has 3 aromatic carbocycles. The lowest BCUT2D eigenvalue weighted by Gasteiger charge is -2.15. The summed E-state index contributed by atoms with van der Waals surface area (Å²) in [7, 11) is 0. The fourth-order valence-electron chi connectivity index (χ4n) is 2.65. The number of ether oxygens (including phenoxy) is 1. The Morgan fingerprint density at radius 2 is 1.50 bits per heavy atom. The zero-order chi connectivity index (χ0) is 18.4. The SMILES string of the molecule is Cc1ccc(OC[C@@H](C)NC(=O)c2ccc(-c3ccccc3)cc2)cc1. The van der Waals surface area contributed by atoms with Gasteiger partial charge in [-0.25, -0.2) is 0 Å². The van der Waals surface area contributed by atoms with Crippen LogP contribution >= 0.6 is 0 Å². The van der Waals surface area contributed by atoms with Crippen molar-refractivity contribution in [2.24, 2.45) is 0 Å². The lowest BCUT2D eigenvalue weighted by molar-refractivity contribution is 0.0926. The lowest BCUT2D eigenvalue weighted by atomic mass is 10.0. The van der Waals surface area contributed by atoms with Crippen molar-refractivity contribution >= 4 is 5.91 Å². The summed E-state index contributed by atoms with van der Waals surface area (Å²) in [5, 5.41) is 2.97. The van der Waals surface area contributed by atoms with Crippen molar-refractivity contribution in [2.45, 2.75) is 19.9 Å². The van der Waals surface area contributed by atoms with E-state index in [1.807, 2.05) is 80.6 Å². The minimum absolute atomic E-state index is 0.0856. The Kier molecular flexibility index (Phi) is 5.69. The monoisotopic (exact) mass is 345 g/mol. The van der Waals surface area contributed by atoms with Crippen molar-refractivity contribution in [3.8, 4) is 16.9 Å². The van der Waals surface area contributed by atoms with Crippen molar-refractivity contribution in [1.29, 1.82) is 0 Å². The summed E-state index contributed by atoms with van der Waals surface area (Å²) in [5.74, 6) is 0.716. The van der Waals surface area contributed by atoms with Crippen LogP contribution in [0.15, 0.2) is 78.9 Å². The van der Waals surface area contributed by atoms with E-state index in [1.54, 1.807) is 0 Å². The first-order valence-corrected chi connectivity index (χ1v) is 8.77. The van der Waals surface area contributed by atoms with Crippen molar-refractivity contribution < 1.29 is 9.53 Å². The van der Waals surface area contributed by atoms with Crippen molar-refractivity contribution in [1.82, 2.24) is 5.32 Å². The second-order valence-corrected chi connectivity index (χ2v) is 6.44. The van der Waals surface area contributed by atoms with Crippen LogP contribution in [0.1, 0.15) is 22.8 Å². The third-order valence-electron chi connectivity index (χ3n) is 4.15. The predicted molar refractivity (Wildman–Crippen MR) is 105 cm³/mol. The molecule has 1 amide bonds.